The molecule has 0 bridgehead atoms. The van der Waals surface area contributed by atoms with Crippen LogP contribution in [0.15, 0.2) is 0 Å². The third-order valence-electron chi connectivity index (χ3n) is 4.48. The largest absolute Gasteiger partial charge is 0.384 e. The normalized spacial score (nSPS) is 20.2. The van der Waals surface area contributed by atoms with Gasteiger partial charge in [0, 0.05) is 20.1 Å². The number of hydrogen-bond donors (Lipinski definition) is 2. The second-order valence-corrected chi connectivity index (χ2v) is 6.24. The van der Waals surface area contributed by atoms with Gasteiger partial charge >= 0.3 is 0 Å². The summed E-state index contributed by atoms with van der Waals surface area (Å²) in [6.07, 6.45) is 3.70. The first-order valence-electron chi connectivity index (χ1n) is 7.54. The first kappa shape index (κ1) is 14.9. The SMILES string of the molecule is Cc1nn(C)c(N2CCCC(C(C)C)CC2)c1C(=N)N. The van der Waals surface area contributed by atoms with Crippen LogP contribution in [0.25, 0.3) is 0 Å². The molecule has 3 N–H and O–H groups in total. The van der Waals surface area contributed by atoms with Gasteiger partial charge in [0.05, 0.1) is 11.3 Å². The average molecular weight is 277 g/mol. The molecule has 5 nitrogen and oxygen atoms in total. The number of nitrogens with zero attached hydrogens (tertiary/aromatic N) is 3. The molecule has 0 aromatic carbocycles. The molecule has 5 heteroatoms. The van der Waals surface area contributed by atoms with Gasteiger partial charge < -0.3 is 10.6 Å². The van der Waals surface area contributed by atoms with Crippen LogP contribution in [0.4, 0.5) is 5.82 Å². The summed E-state index contributed by atoms with van der Waals surface area (Å²) in [6, 6.07) is 0. The zero-order valence-electron chi connectivity index (χ0n) is 13.1. The minimum atomic E-state index is 0.121. The number of aryl methyl sites for hydroxylation is 2. The third kappa shape index (κ3) is 2.81. The van der Waals surface area contributed by atoms with Crippen molar-refractivity contribution >= 4 is 11.7 Å². The van der Waals surface area contributed by atoms with Crippen LogP contribution in [0.2, 0.25) is 0 Å². The summed E-state index contributed by atoms with van der Waals surface area (Å²) < 4.78 is 1.88. The number of aromatic nitrogens is 2. The Hall–Kier alpha value is -1.52. The van der Waals surface area contributed by atoms with Gasteiger partial charge in [-0.05, 0) is 38.0 Å². The lowest BCUT2D eigenvalue weighted by Gasteiger charge is -2.24. The van der Waals surface area contributed by atoms with E-state index in [0.29, 0.717) is 0 Å². The van der Waals surface area contributed by atoms with Gasteiger partial charge in [0.25, 0.3) is 0 Å². The van der Waals surface area contributed by atoms with E-state index in [1.165, 1.54) is 19.3 Å². The summed E-state index contributed by atoms with van der Waals surface area (Å²) in [5, 5.41) is 12.3. The maximum atomic E-state index is 7.81. The van der Waals surface area contributed by atoms with Crippen LogP contribution in [-0.4, -0.2) is 28.7 Å². The van der Waals surface area contributed by atoms with Gasteiger partial charge in [0.15, 0.2) is 0 Å². The number of rotatable bonds is 3. The third-order valence-corrected chi connectivity index (χ3v) is 4.48. The van der Waals surface area contributed by atoms with E-state index < -0.39 is 0 Å². The first-order chi connectivity index (χ1) is 9.41. The molecule has 2 heterocycles. The van der Waals surface area contributed by atoms with Crippen LogP contribution in [0.5, 0.6) is 0 Å². The van der Waals surface area contributed by atoms with E-state index >= 15 is 0 Å². The zero-order valence-corrected chi connectivity index (χ0v) is 13.1. The molecular formula is C15H27N5. The van der Waals surface area contributed by atoms with Crippen molar-refractivity contribution in [3.05, 3.63) is 11.3 Å². The van der Waals surface area contributed by atoms with Crippen LogP contribution in [0, 0.1) is 24.2 Å². The summed E-state index contributed by atoms with van der Waals surface area (Å²) >= 11 is 0. The standard InChI is InChI=1S/C15H27N5/c1-10(2)12-6-5-8-20(9-7-12)15-13(14(16)17)11(3)18-19(15)4/h10,12H,5-9H2,1-4H3,(H3,16,17). The predicted molar refractivity (Wildman–Crippen MR) is 83.4 cm³/mol. The molecule has 1 aliphatic heterocycles. The molecule has 1 fully saturated rings. The fourth-order valence-corrected chi connectivity index (χ4v) is 3.32. The monoisotopic (exact) mass is 277 g/mol. The highest BCUT2D eigenvalue weighted by Gasteiger charge is 2.25. The van der Waals surface area contributed by atoms with Crippen LogP contribution >= 0.6 is 0 Å². The molecular weight excluding hydrogens is 250 g/mol. The maximum Gasteiger partial charge on any atom is 0.137 e. The van der Waals surface area contributed by atoms with Crippen LogP contribution in [0.3, 0.4) is 0 Å². The molecule has 1 saturated heterocycles. The fourth-order valence-electron chi connectivity index (χ4n) is 3.32. The Bertz CT molecular complexity index is 489. The van der Waals surface area contributed by atoms with E-state index in [1.807, 2.05) is 18.7 Å². The summed E-state index contributed by atoms with van der Waals surface area (Å²) in [4.78, 5) is 2.36. The molecule has 1 aromatic heterocycles. The van der Waals surface area contributed by atoms with Gasteiger partial charge in [-0.3, -0.25) is 10.1 Å². The van der Waals surface area contributed by atoms with Gasteiger partial charge in [0.2, 0.25) is 0 Å². The van der Waals surface area contributed by atoms with Crippen molar-refractivity contribution in [3.63, 3.8) is 0 Å². The molecule has 20 heavy (non-hydrogen) atoms. The first-order valence-corrected chi connectivity index (χ1v) is 7.54. The van der Waals surface area contributed by atoms with Crippen molar-refractivity contribution in [1.29, 1.82) is 5.41 Å². The number of nitrogen functional groups attached to an aromatic ring is 1. The van der Waals surface area contributed by atoms with E-state index in [4.69, 9.17) is 11.1 Å². The molecule has 0 spiro atoms. The van der Waals surface area contributed by atoms with E-state index in [1.54, 1.807) is 0 Å². The lowest BCUT2D eigenvalue weighted by Crippen LogP contribution is -2.29. The molecule has 1 atom stereocenters. The molecule has 2 rings (SSSR count). The lowest BCUT2D eigenvalue weighted by molar-refractivity contribution is 0.351. The van der Waals surface area contributed by atoms with Crippen molar-refractivity contribution in [1.82, 2.24) is 9.78 Å². The van der Waals surface area contributed by atoms with Gasteiger partial charge in [-0.25, -0.2) is 0 Å². The minimum absolute atomic E-state index is 0.121. The van der Waals surface area contributed by atoms with Crippen molar-refractivity contribution in [2.75, 3.05) is 18.0 Å². The van der Waals surface area contributed by atoms with Crippen molar-refractivity contribution < 1.29 is 0 Å². The second kappa shape index (κ2) is 5.85. The lowest BCUT2D eigenvalue weighted by atomic mass is 9.89. The topological polar surface area (TPSA) is 70.9 Å². The Morgan fingerprint density at radius 3 is 2.65 bits per heavy atom. The number of nitrogens with one attached hydrogen (secondary N) is 1. The molecule has 0 saturated carbocycles. The summed E-state index contributed by atoms with van der Waals surface area (Å²) in [5.74, 6) is 2.68. The Kier molecular flexibility index (Phi) is 4.35. The number of anilines is 1. The molecule has 1 aliphatic rings. The second-order valence-electron chi connectivity index (χ2n) is 6.24. The Balaban J connectivity index is 2.26. The number of amidine groups is 1. The van der Waals surface area contributed by atoms with Gasteiger partial charge in [-0.2, -0.15) is 5.10 Å². The van der Waals surface area contributed by atoms with Crippen LogP contribution < -0.4 is 10.6 Å². The molecule has 0 aliphatic carbocycles. The molecule has 1 aromatic rings. The molecule has 112 valence electrons. The number of nitrogens with two attached hydrogens (primary N) is 1. The summed E-state index contributed by atoms with van der Waals surface area (Å²) in [6.45, 7) is 8.62. The molecule has 0 amide bonds. The Morgan fingerprint density at radius 2 is 2.05 bits per heavy atom. The van der Waals surface area contributed by atoms with Gasteiger partial charge in [-0.1, -0.05) is 13.8 Å². The van der Waals surface area contributed by atoms with E-state index in [0.717, 1.165) is 42.0 Å². The average Bonchev–Trinajstić information content (AvgIpc) is 2.54. The smallest absolute Gasteiger partial charge is 0.137 e. The molecule has 1 unspecified atom stereocenters. The minimum Gasteiger partial charge on any atom is -0.384 e. The Morgan fingerprint density at radius 1 is 1.35 bits per heavy atom. The van der Waals surface area contributed by atoms with E-state index in [-0.39, 0.29) is 5.84 Å². The van der Waals surface area contributed by atoms with Gasteiger partial charge in [-0.15, -0.1) is 0 Å². The molecule has 0 radical (unpaired) electrons. The number of hydrogen-bond acceptors (Lipinski definition) is 3. The Labute approximate surface area is 121 Å². The van der Waals surface area contributed by atoms with E-state index in [9.17, 15) is 0 Å². The van der Waals surface area contributed by atoms with Crippen LogP contribution in [-0.2, 0) is 7.05 Å². The fraction of sp³-hybridized carbons (Fsp3) is 0.733. The van der Waals surface area contributed by atoms with Gasteiger partial charge in [0.1, 0.15) is 11.7 Å². The van der Waals surface area contributed by atoms with Crippen LogP contribution in [0.1, 0.15) is 44.4 Å². The van der Waals surface area contributed by atoms with E-state index in [2.05, 4.69) is 23.8 Å². The van der Waals surface area contributed by atoms with Crippen molar-refractivity contribution in [2.45, 2.75) is 40.0 Å². The summed E-state index contributed by atoms with van der Waals surface area (Å²) in [5.41, 5.74) is 7.40. The van der Waals surface area contributed by atoms with Crippen molar-refractivity contribution in [3.8, 4) is 0 Å². The highest BCUT2D eigenvalue weighted by Crippen LogP contribution is 2.29. The highest BCUT2D eigenvalue weighted by atomic mass is 15.4. The maximum absolute atomic E-state index is 7.81. The van der Waals surface area contributed by atoms with Crippen molar-refractivity contribution in [2.24, 2.45) is 24.6 Å². The zero-order chi connectivity index (χ0) is 14.9. The highest BCUT2D eigenvalue weighted by molar-refractivity contribution is 6.00. The predicted octanol–water partition coefficient (Wildman–Crippen LogP) is 2.28. The quantitative estimate of drug-likeness (QED) is 0.657. The summed E-state index contributed by atoms with van der Waals surface area (Å²) in [7, 11) is 1.94.